The molecule has 0 saturated heterocycles. The molecule has 15 heavy (non-hydrogen) atoms. The Morgan fingerprint density at radius 1 is 1.33 bits per heavy atom. The average Bonchev–Trinajstić information content (AvgIpc) is 2.23. The van der Waals surface area contributed by atoms with Crippen LogP contribution in [0.1, 0.15) is 12.0 Å². The number of carbonyl (C=O) groups excluding carboxylic acids is 1. The fraction of sp³-hybridized carbons (Fsp3) is 0.364. The van der Waals surface area contributed by atoms with Crippen LogP contribution in [0.5, 0.6) is 0 Å². The van der Waals surface area contributed by atoms with Crippen LogP contribution in [0.25, 0.3) is 0 Å². The summed E-state index contributed by atoms with van der Waals surface area (Å²) < 4.78 is 0. The molecule has 0 spiro atoms. The number of amides is 1. The van der Waals surface area contributed by atoms with Crippen molar-refractivity contribution < 1.29 is 4.79 Å². The number of hydrogen-bond acceptors (Lipinski definition) is 2. The Balaban J connectivity index is 2.12. The summed E-state index contributed by atoms with van der Waals surface area (Å²) in [7, 11) is 0. The highest BCUT2D eigenvalue weighted by atomic mass is 35.5. The van der Waals surface area contributed by atoms with Crippen molar-refractivity contribution in [3.63, 3.8) is 0 Å². The zero-order chi connectivity index (χ0) is 10.9. The van der Waals surface area contributed by atoms with Gasteiger partial charge in [-0.05, 0) is 30.7 Å². The summed E-state index contributed by atoms with van der Waals surface area (Å²) in [6.07, 6.45) is 1.65. The summed E-state index contributed by atoms with van der Waals surface area (Å²) in [6.45, 7) is 2.40. The first kappa shape index (κ1) is 12.0. The summed E-state index contributed by atoms with van der Waals surface area (Å²) in [6, 6.07) is 7.77. The van der Waals surface area contributed by atoms with Gasteiger partial charge in [0.05, 0.1) is 0 Å². The minimum Gasteiger partial charge on any atom is -0.359 e. The lowest BCUT2D eigenvalue weighted by Gasteiger charge is -2.04. The molecular formula is C11H15ClN2O. The van der Waals surface area contributed by atoms with Crippen molar-refractivity contribution in [2.24, 2.45) is 0 Å². The lowest BCUT2D eigenvalue weighted by atomic mass is 10.2. The van der Waals surface area contributed by atoms with Gasteiger partial charge in [0.1, 0.15) is 0 Å². The molecule has 0 saturated carbocycles. The van der Waals surface area contributed by atoms with E-state index in [0.29, 0.717) is 6.54 Å². The predicted molar refractivity (Wildman–Crippen MR) is 61.8 cm³/mol. The van der Waals surface area contributed by atoms with Crippen LogP contribution in [0.15, 0.2) is 24.3 Å². The van der Waals surface area contributed by atoms with E-state index in [0.717, 1.165) is 30.9 Å². The van der Waals surface area contributed by atoms with Gasteiger partial charge < -0.3 is 10.6 Å². The van der Waals surface area contributed by atoms with Crippen molar-refractivity contribution in [1.29, 1.82) is 0 Å². The van der Waals surface area contributed by atoms with Gasteiger partial charge in [-0.1, -0.05) is 23.7 Å². The molecule has 0 aliphatic heterocycles. The van der Waals surface area contributed by atoms with Crippen LogP contribution >= 0.6 is 11.6 Å². The molecule has 0 aromatic heterocycles. The highest BCUT2D eigenvalue weighted by Crippen LogP contribution is 2.09. The van der Waals surface area contributed by atoms with E-state index < -0.39 is 0 Å². The van der Waals surface area contributed by atoms with Gasteiger partial charge in [0.15, 0.2) is 0 Å². The van der Waals surface area contributed by atoms with Crippen LogP contribution < -0.4 is 10.6 Å². The van der Waals surface area contributed by atoms with Gasteiger partial charge in [-0.15, -0.1) is 0 Å². The predicted octanol–water partition coefficient (Wildman–Crippen LogP) is 1.57. The van der Waals surface area contributed by atoms with Crippen molar-refractivity contribution in [3.05, 3.63) is 34.9 Å². The molecule has 1 rings (SSSR count). The third-order valence-electron chi connectivity index (χ3n) is 1.98. The molecule has 0 fully saturated rings. The molecule has 0 aliphatic carbocycles. The summed E-state index contributed by atoms with van der Waals surface area (Å²) >= 11 is 5.85. The average molecular weight is 227 g/mol. The van der Waals surface area contributed by atoms with E-state index in [1.165, 1.54) is 5.56 Å². The fourth-order valence-electron chi connectivity index (χ4n) is 1.25. The highest BCUT2D eigenvalue weighted by Gasteiger charge is 1.93. The lowest BCUT2D eigenvalue weighted by molar-refractivity contribution is -0.109. The molecule has 2 N–H and O–H groups in total. The molecule has 1 amide bonds. The smallest absolute Gasteiger partial charge is 0.207 e. The van der Waals surface area contributed by atoms with Gasteiger partial charge in [0.2, 0.25) is 6.41 Å². The molecule has 0 bridgehead atoms. The Labute approximate surface area is 94.8 Å². The number of halogens is 1. The van der Waals surface area contributed by atoms with Crippen LogP contribution in [0.4, 0.5) is 0 Å². The van der Waals surface area contributed by atoms with Gasteiger partial charge in [0, 0.05) is 18.1 Å². The molecular weight excluding hydrogens is 212 g/mol. The molecule has 4 heteroatoms. The van der Waals surface area contributed by atoms with E-state index in [1.54, 1.807) is 0 Å². The first-order chi connectivity index (χ1) is 7.33. The van der Waals surface area contributed by atoms with Crippen molar-refractivity contribution in [1.82, 2.24) is 10.6 Å². The first-order valence-electron chi connectivity index (χ1n) is 4.95. The van der Waals surface area contributed by atoms with Crippen molar-refractivity contribution in [2.75, 3.05) is 13.1 Å². The lowest BCUT2D eigenvalue weighted by Crippen LogP contribution is -2.20. The molecule has 3 nitrogen and oxygen atoms in total. The Hall–Kier alpha value is -1.06. The monoisotopic (exact) mass is 226 g/mol. The third kappa shape index (κ3) is 5.40. The summed E-state index contributed by atoms with van der Waals surface area (Å²) in [4.78, 5) is 9.95. The summed E-state index contributed by atoms with van der Waals surface area (Å²) in [5.74, 6) is 0. The van der Waals surface area contributed by atoms with Gasteiger partial charge in [0.25, 0.3) is 0 Å². The third-order valence-corrected chi connectivity index (χ3v) is 2.21. The maximum Gasteiger partial charge on any atom is 0.207 e. The Morgan fingerprint density at radius 2 is 2.20 bits per heavy atom. The largest absolute Gasteiger partial charge is 0.359 e. The summed E-state index contributed by atoms with van der Waals surface area (Å²) in [5.41, 5.74) is 1.17. The van der Waals surface area contributed by atoms with E-state index in [4.69, 9.17) is 11.6 Å². The number of nitrogens with one attached hydrogen (secondary N) is 2. The van der Waals surface area contributed by atoms with Crippen molar-refractivity contribution >= 4 is 18.0 Å². The molecule has 1 aromatic rings. The zero-order valence-electron chi connectivity index (χ0n) is 8.50. The Morgan fingerprint density at radius 3 is 2.93 bits per heavy atom. The van der Waals surface area contributed by atoms with Gasteiger partial charge >= 0.3 is 0 Å². The quantitative estimate of drug-likeness (QED) is 0.547. The maximum absolute atomic E-state index is 9.95. The second kappa shape index (κ2) is 7.26. The maximum atomic E-state index is 9.95. The first-order valence-corrected chi connectivity index (χ1v) is 5.33. The molecule has 0 radical (unpaired) electrons. The molecule has 0 unspecified atom stereocenters. The molecule has 82 valence electrons. The molecule has 0 atom stereocenters. The Kier molecular flexibility index (Phi) is 5.81. The topological polar surface area (TPSA) is 41.1 Å². The normalized spacial score (nSPS) is 9.93. The van der Waals surface area contributed by atoms with E-state index in [1.807, 2.05) is 24.3 Å². The van der Waals surface area contributed by atoms with E-state index in [-0.39, 0.29) is 0 Å². The summed E-state index contributed by atoms with van der Waals surface area (Å²) in [5, 5.41) is 6.65. The number of hydrogen-bond donors (Lipinski definition) is 2. The highest BCUT2D eigenvalue weighted by molar-refractivity contribution is 6.30. The molecule has 1 aromatic carbocycles. The minimum absolute atomic E-state index is 0.714. The second-order valence-corrected chi connectivity index (χ2v) is 3.67. The Bertz CT molecular complexity index is 304. The van der Waals surface area contributed by atoms with Gasteiger partial charge in [-0.3, -0.25) is 4.79 Å². The van der Waals surface area contributed by atoms with Crippen LogP contribution in [0, 0.1) is 0 Å². The second-order valence-electron chi connectivity index (χ2n) is 3.23. The van der Waals surface area contributed by atoms with Crippen molar-refractivity contribution in [3.8, 4) is 0 Å². The standard InChI is InChI=1S/C11H15ClN2O/c12-11-4-1-3-10(7-11)8-13-5-2-6-14-9-15/h1,3-4,7,9,13H,2,5-6,8H2,(H,14,15). The number of rotatable bonds is 7. The fourth-order valence-corrected chi connectivity index (χ4v) is 1.47. The molecule has 0 aliphatic rings. The van der Waals surface area contributed by atoms with Crippen molar-refractivity contribution in [2.45, 2.75) is 13.0 Å². The van der Waals surface area contributed by atoms with Crippen LogP contribution in [0.3, 0.4) is 0 Å². The van der Waals surface area contributed by atoms with Gasteiger partial charge in [-0.2, -0.15) is 0 Å². The van der Waals surface area contributed by atoms with Crippen LogP contribution in [-0.4, -0.2) is 19.5 Å². The SMILES string of the molecule is O=CNCCCNCc1cccc(Cl)c1. The zero-order valence-corrected chi connectivity index (χ0v) is 9.26. The van der Waals surface area contributed by atoms with Gasteiger partial charge in [-0.25, -0.2) is 0 Å². The minimum atomic E-state index is 0.714. The van der Waals surface area contributed by atoms with Crippen LogP contribution in [-0.2, 0) is 11.3 Å². The number of benzene rings is 1. The van der Waals surface area contributed by atoms with E-state index in [9.17, 15) is 4.79 Å². The molecule has 0 heterocycles. The van der Waals surface area contributed by atoms with E-state index in [2.05, 4.69) is 10.6 Å². The van der Waals surface area contributed by atoms with Crippen LogP contribution in [0.2, 0.25) is 5.02 Å². The number of carbonyl (C=O) groups is 1. The van der Waals surface area contributed by atoms with E-state index >= 15 is 0 Å².